The predicted octanol–water partition coefficient (Wildman–Crippen LogP) is 21.6. The number of para-hydroxylation sites is 4. The van der Waals surface area contributed by atoms with Gasteiger partial charge in [-0.2, -0.15) is 0 Å². The van der Waals surface area contributed by atoms with Gasteiger partial charge in [-0.3, -0.25) is 0 Å². The first-order valence-corrected chi connectivity index (χ1v) is 36.5. The number of furan rings is 2. The molecule has 4 aromatic heterocycles. The molecule has 462 valence electrons. The summed E-state index contributed by atoms with van der Waals surface area (Å²) < 4.78 is 51.0. The Morgan fingerprint density at radius 3 is 0.918 bits per heavy atom. The highest BCUT2D eigenvalue weighted by Crippen LogP contribution is 2.50. The summed E-state index contributed by atoms with van der Waals surface area (Å²) in [5, 5.41) is 13.2. The number of nitrogens with zero attached hydrogens (tertiary/aromatic N) is 2. The van der Waals surface area contributed by atoms with Gasteiger partial charge in [0.25, 0.3) is 0 Å². The summed E-state index contributed by atoms with van der Waals surface area (Å²) in [6, 6.07) is 121. The van der Waals surface area contributed by atoms with E-state index >= 15 is 9.13 Å². The summed E-state index contributed by atoms with van der Waals surface area (Å²) in [6.45, 7) is 0. The lowest BCUT2D eigenvalue weighted by Gasteiger charge is -2.23. The lowest BCUT2D eigenvalue weighted by Crippen LogP contribution is -2.25. The first-order valence-electron chi connectivity index (χ1n) is 33.1. The van der Waals surface area contributed by atoms with Gasteiger partial charge in [0.05, 0.1) is 32.8 Å². The van der Waals surface area contributed by atoms with Gasteiger partial charge in [0.1, 0.15) is 22.3 Å². The van der Waals surface area contributed by atoms with Gasteiger partial charge in [-0.15, -0.1) is 0 Å². The van der Waals surface area contributed by atoms with Crippen molar-refractivity contribution in [2.45, 2.75) is 0 Å². The largest absolute Gasteiger partial charge is 0.455 e. The summed E-state index contributed by atoms with van der Waals surface area (Å²) in [4.78, 5) is 0. The van der Waals surface area contributed by atoms with Crippen molar-refractivity contribution in [1.82, 2.24) is 9.13 Å². The van der Waals surface area contributed by atoms with Crippen LogP contribution in [0.15, 0.2) is 361 Å². The van der Waals surface area contributed by atoms with Crippen LogP contribution in [0.4, 0.5) is 0 Å². The van der Waals surface area contributed by atoms with E-state index in [1.54, 1.807) is 0 Å². The molecule has 0 aliphatic heterocycles. The van der Waals surface area contributed by atoms with Crippen molar-refractivity contribution in [3.8, 4) is 55.9 Å². The Balaban J connectivity index is 0.848. The van der Waals surface area contributed by atoms with E-state index in [4.69, 9.17) is 8.83 Å². The zero-order valence-corrected chi connectivity index (χ0v) is 54.7. The van der Waals surface area contributed by atoms with Crippen LogP contribution in [0, 0.1) is 0 Å². The Morgan fingerprint density at radius 2 is 0.541 bits per heavy atom. The fourth-order valence-electron chi connectivity index (χ4n) is 15.3. The van der Waals surface area contributed by atoms with Gasteiger partial charge < -0.3 is 27.1 Å². The van der Waals surface area contributed by atoms with Crippen molar-refractivity contribution in [3.63, 3.8) is 0 Å². The van der Waals surface area contributed by atoms with E-state index in [0.717, 1.165) is 175 Å². The third-order valence-electron chi connectivity index (χ3n) is 19.9. The van der Waals surface area contributed by atoms with Crippen LogP contribution >= 0.6 is 14.3 Å². The zero-order chi connectivity index (χ0) is 65.1. The topological polar surface area (TPSA) is 70.3 Å². The van der Waals surface area contributed by atoms with E-state index in [0.29, 0.717) is 0 Å². The van der Waals surface area contributed by atoms with Gasteiger partial charge in [-0.1, -0.05) is 255 Å². The van der Waals surface area contributed by atoms with E-state index in [1.807, 2.05) is 158 Å². The molecule has 0 fully saturated rings. The van der Waals surface area contributed by atoms with Crippen LogP contribution in [0.25, 0.3) is 143 Å². The second-order valence-corrected chi connectivity index (χ2v) is 30.8. The van der Waals surface area contributed by atoms with E-state index in [1.165, 1.54) is 0 Å². The fraction of sp³-hybridized carbons (Fsp3) is 0. The van der Waals surface area contributed by atoms with E-state index in [2.05, 4.69) is 203 Å². The molecule has 0 aliphatic rings. The SMILES string of the molecule is O=P(c1ccccc1)(c1ccccc1)c1cccc(-c2cc(-c3ccc(-n4c5ccccc5c5c6oc7ccccc7c6ccc54)cc3)c(-c3cccc(P(=O)(c4ccccc4)c4ccccc4)c3)cc2-c2ccc(-n3c4ccccc4c4c5oc6ccccc6c5ccc43)cc2)c1. The molecule has 0 amide bonds. The van der Waals surface area contributed by atoms with Gasteiger partial charge in [-0.05, 0) is 142 Å². The Hall–Kier alpha value is -12.0. The Bertz CT molecular complexity index is 5990. The third-order valence-corrected chi connectivity index (χ3v) is 26.0. The molecule has 19 aromatic rings. The smallest absolute Gasteiger partial charge is 0.171 e. The molecule has 6 nitrogen and oxygen atoms in total. The number of aromatic nitrogens is 2. The monoisotopic (exact) mass is 1290 g/mol. The molecule has 0 saturated heterocycles. The first-order chi connectivity index (χ1) is 48.4. The van der Waals surface area contributed by atoms with Crippen molar-refractivity contribution >= 4 is 134 Å². The molecule has 0 unspecified atom stereocenters. The van der Waals surface area contributed by atoms with Crippen LogP contribution in [0.1, 0.15) is 0 Å². The zero-order valence-electron chi connectivity index (χ0n) is 52.9. The fourth-order valence-corrected chi connectivity index (χ4v) is 20.7. The quantitative estimate of drug-likeness (QED) is 0.114. The second-order valence-electron chi connectivity index (χ2n) is 25.3. The summed E-state index contributed by atoms with van der Waals surface area (Å²) >= 11 is 0. The maximum atomic E-state index is 16.4. The van der Waals surface area contributed by atoms with Gasteiger partial charge in [0.15, 0.2) is 14.3 Å². The van der Waals surface area contributed by atoms with Crippen LogP contribution in [-0.4, -0.2) is 9.13 Å². The van der Waals surface area contributed by atoms with Crippen molar-refractivity contribution in [3.05, 3.63) is 352 Å². The highest BCUT2D eigenvalue weighted by molar-refractivity contribution is 7.85. The molecule has 0 atom stereocenters. The Labute approximate surface area is 564 Å². The average molecular weight is 1290 g/mol. The minimum Gasteiger partial charge on any atom is -0.455 e. The molecule has 15 aromatic carbocycles. The molecule has 8 heteroatoms. The van der Waals surface area contributed by atoms with Crippen molar-refractivity contribution in [2.24, 2.45) is 0 Å². The molecule has 19 rings (SSSR count). The minimum absolute atomic E-state index is 0.727. The summed E-state index contributed by atoms with van der Waals surface area (Å²) in [5.74, 6) is 0. The van der Waals surface area contributed by atoms with Gasteiger partial charge in [-0.25, -0.2) is 0 Å². The standard InChI is InChI=1S/C90H58N2O4P2/c93-97(65-25-5-1-6-26-65,66-27-7-2-8-28-66)69-33-21-23-61(55-69)79-57-78(60-45-49-64(50-46-60)92-82-40-18-14-38-76(82)88-84(92)54-52-74-72-36-16-20-42-86(72)96-90(74)88)80(62-24-22-34-70(56-62)98(94,67-29-9-3-10-30-67)68-31-11-4-12-32-68)58-77(79)59-43-47-63(48-44-59)91-81-39-17-13-37-75(81)87-83(91)53-51-73-71-35-15-19-41-85(71)95-89(73)87/h1-58H. The molecule has 0 aliphatic carbocycles. The maximum absolute atomic E-state index is 16.4. The molecule has 0 saturated carbocycles. The van der Waals surface area contributed by atoms with Crippen LogP contribution in [0.5, 0.6) is 0 Å². The van der Waals surface area contributed by atoms with Gasteiger partial charge in [0, 0.05) is 75.5 Å². The minimum atomic E-state index is -3.44. The number of hydrogen-bond acceptors (Lipinski definition) is 4. The molecule has 0 spiro atoms. The van der Waals surface area contributed by atoms with E-state index in [-0.39, 0.29) is 0 Å². The van der Waals surface area contributed by atoms with Crippen LogP contribution in [-0.2, 0) is 9.13 Å². The highest BCUT2D eigenvalue weighted by Gasteiger charge is 2.33. The molecular formula is C90H58N2O4P2. The van der Waals surface area contributed by atoms with Crippen LogP contribution < -0.4 is 31.8 Å². The summed E-state index contributed by atoms with van der Waals surface area (Å²) in [6.07, 6.45) is 0. The number of rotatable bonds is 12. The number of fused-ring (bicyclic) bond motifs is 14. The Morgan fingerprint density at radius 1 is 0.224 bits per heavy atom. The number of benzene rings is 15. The predicted molar refractivity (Wildman–Crippen MR) is 410 cm³/mol. The maximum Gasteiger partial charge on any atom is 0.171 e. The van der Waals surface area contributed by atoms with Crippen LogP contribution in [0.3, 0.4) is 0 Å². The van der Waals surface area contributed by atoms with Crippen molar-refractivity contribution < 1.29 is 18.0 Å². The average Bonchev–Trinajstić information content (AvgIpc) is 1.26. The molecule has 0 radical (unpaired) electrons. The number of hydrogen-bond donors (Lipinski definition) is 0. The second kappa shape index (κ2) is 22.8. The lowest BCUT2D eigenvalue weighted by atomic mass is 9.85. The molecule has 0 N–H and O–H groups in total. The molecule has 0 bridgehead atoms. The van der Waals surface area contributed by atoms with E-state index in [9.17, 15) is 0 Å². The molecule has 98 heavy (non-hydrogen) atoms. The van der Waals surface area contributed by atoms with Crippen molar-refractivity contribution in [1.29, 1.82) is 0 Å². The van der Waals surface area contributed by atoms with Crippen LogP contribution in [0.2, 0.25) is 0 Å². The van der Waals surface area contributed by atoms with Gasteiger partial charge in [0.2, 0.25) is 0 Å². The highest BCUT2D eigenvalue weighted by atomic mass is 31.2. The molecule has 4 heterocycles. The summed E-state index contributed by atoms with van der Waals surface area (Å²) in [7, 11) is -6.88. The summed E-state index contributed by atoms with van der Waals surface area (Å²) in [5.41, 5.74) is 17.3. The van der Waals surface area contributed by atoms with Gasteiger partial charge >= 0.3 is 0 Å². The van der Waals surface area contributed by atoms with Crippen molar-refractivity contribution in [2.75, 3.05) is 0 Å². The van der Waals surface area contributed by atoms with E-state index < -0.39 is 14.3 Å². The third kappa shape index (κ3) is 8.96. The Kier molecular flexibility index (Phi) is 13.4. The first kappa shape index (κ1) is 57.4. The molecular weight excluding hydrogens is 1230 g/mol. The lowest BCUT2D eigenvalue weighted by molar-refractivity contribution is 0.591. The normalized spacial score (nSPS) is 12.2.